The van der Waals surface area contributed by atoms with Crippen LogP contribution in [0, 0.1) is 5.92 Å². The van der Waals surface area contributed by atoms with Crippen LogP contribution in [-0.2, 0) is 20.9 Å². The molecule has 1 heterocycles. The molecule has 5 heteroatoms. The van der Waals surface area contributed by atoms with Crippen molar-refractivity contribution in [2.45, 2.75) is 25.4 Å². The summed E-state index contributed by atoms with van der Waals surface area (Å²) in [6.45, 7) is -1.88. The summed E-state index contributed by atoms with van der Waals surface area (Å²) in [6.07, 6.45) is 3.73. The number of hydrogen-bond donors (Lipinski definition) is 0. The molecule has 0 bridgehead atoms. The van der Waals surface area contributed by atoms with Crippen LogP contribution in [0.2, 0.25) is 0 Å². The zero-order valence-electron chi connectivity index (χ0n) is 9.45. The van der Waals surface area contributed by atoms with Crippen LogP contribution < -0.4 is 4.52 Å². The Balaban J connectivity index is 1.72. The van der Waals surface area contributed by atoms with Gasteiger partial charge in [0, 0.05) is 17.7 Å². The maximum atomic E-state index is 5.88. The van der Waals surface area contributed by atoms with Crippen LogP contribution >= 0.6 is 6.72 Å². The SMILES string of the molecule is S=[P@@]1(Oc2ccccc2)OC[C@H]2CCC[C@@H]2O1. The maximum absolute atomic E-state index is 5.88. The summed E-state index contributed by atoms with van der Waals surface area (Å²) < 4.78 is 17.3. The second kappa shape index (κ2) is 4.69. The molecule has 3 nitrogen and oxygen atoms in total. The topological polar surface area (TPSA) is 27.7 Å². The van der Waals surface area contributed by atoms with Gasteiger partial charge in [-0.25, -0.2) is 0 Å². The van der Waals surface area contributed by atoms with E-state index < -0.39 is 6.72 Å². The molecule has 0 radical (unpaired) electrons. The standard InChI is InChI=1S/C12H15O3PS/c17-16(14-11-6-2-1-3-7-11)13-9-10-5-4-8-12(10)15-16/h1-3,6-7,10,12H,4-5,8-9H2/t10-,12+,16-/m1/s1. The Hall–Kier alpha value is -0.410. The predicted molar refractivity (Wildman–Crippen MR) is 69.5 cm³/mol. The molecule has 1 aromatic rings. The first-order chi connectivity index (χ1) is 8.25. The van der Waals surface area contributed by atoms with Gasteiger partial charge in [0.2, 0.25) is 0 Å². The van der Waals surface area contributed by atoms with Crippen molar-refractivity contribution < 1.29 is 13.6 Å². The normalized spacial score (nSPS) is 36.5. The molecule has 17 heavy (non-hydrogen) atoms. The molecule has 0 N–H and O–H groups in total. The fourth-order valence-electron chi connectivity index (χ4n) is 2.37. The van der Waals surface area contributed by atoms with Crippen LogP contribution in [0.25, 0.3) is 0 Å². The van der Waals surface area contributed by atoms with Crippen molar-refractivity contribution in [2.75, 3.05) is 6.61 Å². The molecule has 1 aliphatic heterocycles. The molecule has 3 rings (SSSR count). The summed E-state index contributed by atoms with van der Waals surface area (Å²) in [4.78, 5) is 0. The highest BCUT2D eigenvalue weighted by Crippen LogP contribution is 2.57. The summed E-state index contributed by atoms with van der Waals surface area (Å²) in [7, 11) is 0. The third-order valence-electron chi connectivity index (χ3n) is 3.26. The van der Waals surface area contributed by atoms with Gasteiger partial charge in [-0.1, -0.05) is 24.6 Å². The fourth-order valence-corrected chi connectivity index (χ4v) is 4.67. The average molecular weight is 270 g/mol. The Morgan fingerprint density at radius 2 is 2.06 bits per heavy atom. The smallest absolute Gasteiger partial charge is 0.380 e. The number of rotatable bonds is 2. The van der Waals surface area contributed by atoms with Gasteiger partial charge in [-0.05, 0) is 25.0 Å². The highest BCUT2D eigenvalue weighted by Gasteiger charge is 2.40. The van der Waals surface area contributed by atoms with E-state index in [0.29, 0.717) is 12.5 Å². The Bertz CT molecular complexity index is 437. The van der Waals surface area contributed by atoms with E-state index in [1.807, 2.05) is 30.3 Å². The van der Waals surface area contributed by atoms with Crippen LogP contribution in [0.15, 0.2) is 30.3 Å². The number of benzene rings is 1. The quantitative estimate of drug-likeness (QED) is 0.769. The predicted octanol–water partition coefficient (Wildman–Crippen LogP) is 3.51. The van der Waals surface area contributed by atoms with Gasteiger partial charge in [0.25, 0.3) is 0 Å². The van der Waals surface area contributed by atoms with E-state index in [1.54, 1.807) is 0 Å². The monoisotopic (exact) mass is 270 g/mol. The molecular formula is C12H15O3PS. The molecule has 2 fully saturated rings. The van der Waals surface area contributed by atoms with Crippen molar-refractivity contribution in [3.8, 4) is 5.75 Å². The van der Waals surface area contributed by atoms with E-state index in [1.165, 1.54) is 12.8 Å². The van der Waals surface area contributed by atoms with E-state index in [0.717, 1.165) is 12.2 Å². The van der Waals surface area contributed by atoms with Crippen LogP contribution in [-0.4, -0.2) is 12.7 Å². The number of hydrogen-bond acceptors (Lipinski definition) is 4. The van der Waals surface area contributed by atoms with E-state index >= 15 is 0 Å². The minimum absolute atomic E-state index is 0.248. The Morgan fingerprint density at radius 1 is 1.24 bits per heavy atom. The molecule has 1 saturated carbocycles. The van der Waals surface area contributed by atoms with E-state index in [-0.39, 0.29) is 6.10 Å². The maximum Gasteiger partial charge on any atom is 0.380 e. The van der Waals surface area contributed by atoms with Gasteiger partial charge in [-0.3, -0.25) is 9.05 Å². The molecule has 1 saturated heterocycles. The molecule has 92 valence electrons. The molecular weight excluding hydrogens is 255 g/mol. The molecule has 1 aromatic carbocycles. The second-order valence-corrected chi connectivity index (χ2v) is 7.37. The largest absolute Gasteiger partial charge is 0.424 e. The molecule has 0 aromatic heterocycles. The minimum Gasteiger partial charge on any atom is -0.424 e. The minimum atomic E-state index is -2.57. The Morgan fingerprint density at radius 3 is 2.88 bits per heavy atom. The third kappa shape index (κ3) is 2.55. The van der Waals surface area contributed by atoms with Crippen LogP contribution in [0.1, 0.15) is 19.3 Å². The van der Waals surface area contributed by atoms with Gasteiger partial charge in [0.15, 0.2) is 0 Å². The van der Waals surface area contributed by atoms with Crippen LogP contribution in [0.4, 0.5) is 0 Å². The van der Waals surface area contributed by atoms with Crippen molar-refractivity contribution >= 4 is 18.5 Å². The van der Waals surface area contributed by atoms with Crippen molar-refractivity contribution in [1.29, 1.82) is 0 Å². The van der Waals surface area contributed by atoms with E-state index in [4.69, 9.17) is 25.4 Å². The lowest BCUT2D eigenvalue weighted by Gasteiger charge is -2.33. The highest BCUT2D eigenvalue weighted by atomic mass is 32.5. The first kappa shape index (κ1) is 11.7. The van der Waals surface area contributed by atoms with Gasteiger partial charge >= 0.3 is 6.72 Å². The lowest BCUT2D eigenvalue weighted by Crippen LogP contribution is -2.28. The van der Waals surface area contributed by atoms with Crippen molar-refractivity contribution in [1.82, 2.24) is 0 Å². The summed E-state index contributed by atoms with van der Waals surface area (Å²) in [5.74, 6) is 1.25. The second-order valence-electron chi connectivity index (χ2n) is 4.48. The lowest BCUT2D eigenvalue weighted by molar-refractivity contribution is 0.0442. The lowest BCUT2D eigenvalue weighted by atomic mass is 10.1. The molecule has 1 aliphatic carbocycles. The third-order valence-corrected chi connectivity index (χ3v) is 5.49. The summed E-state index contributed by atoms with van der Waals surface area (Å²) in [5.41, 5.74) is 0. The van der Waals surface area contributed by atoms with Crippen LogP contribution in [0.3, 0.4) is 0 Å². The van der Waals surface area contributed by atoms with Gasteiger partial charge in [0.1, 0.15) is 5.75 Å². The first-order valence-electron chi connectivity index (χ1n) is 5.93. The van der Waals surface area contributed by atoms with Crippen molar-refractivity contribution in [2.24, 2.45) is 5.92 Å². The van der Waals surface area contributed by atoms with Crippen LogP contribution in [0.5, 0.6) is 5.75 Å². The molecule has 2 aliphatic rings. The number of fused-ring (bicyclic) bond motifs is 1. The van der Waals surface area contributed by atoms with Crippen molar-refractivity contribution in [3.63, 3.8) is 0 Å². The average Bonchev–Trinajstić information content (AvgIpc) is 2.76. The summed E-state index contributed by atoms with van der Waals surface area (Å²) >= 11 is 5.40. The van der Waals surface area contributed by atoms with Crippen molar-refractivity contribution in [3.05, 3.63) is 30.3 Å². The Kier molecular flexibility index (Phi) is 3.22. The zero-order valence-corrected chi connectivity index (χ0v) is 11.2. The summed E-state index contributed by atoms with van der Waals surface area (Å²) in [5, 5.41) is 0. The molecule has 0 unspecified atom stereocenters. The fraction of sp³-hybridized carbons (Fsp3) is 0.500. The Labute approximate surface area is 106 Å². The van der Waals surface area contributed by atoms with Gasteiger partial charge in [-0.2, -0.15) is 0 Å². The first-order valence-corrected chi connectivity index (χ1v) is 8.48. The van der Waals surface area contributed by atoms with Gasteiger partial charge < -0.3 is 4.52 Å². The molecule has 0 spiro atoms. The van der Waals surface area contributed by atoms with Gasteiger partial charge in [0.05, 0.1) is 12.7 Å². The number of para-hydroxylation sites is 1. The van der Waals surface area contributed by atoms with Gasteiger partial charge in [-0.15, -0.1) is 0 Å². The zero-order chi connectivity index (χ0) is 11.7. The molecule has 3 atom stereocenters. The van der Waals surface area contributed by atoms with E-state index in [9.17, 15) is 0 Å². The molecule has 0 amide bonds. The van der Waals surface area contributed by atoms with E-state index in [2.05, 4.69) is 0 Å². The highest BCUT2D eigenvalue weighted by molar-refractivity contribution is 8.07. The summed E-state index contributed by atoms with van der Waals surface area (Å²) in [6, 6.07) is 9.53.